The number of aliphatic imine (C=N–C) groups is 1. The van der Waals surface area contributed by atoms with Crippen molar-refractivity contribution in [3.63, 3.8) is 0 Å². The molecule has 0 saturated carbocycles. The summed E-state index contributed by atoms with van der Waals surface area (Å²) in [5.41, 5.74) is 2.15. The van der Waals surface area contributed by atoms with Crippen molar-refractivity contribution in [2.45, 2.75) is 40.5 Å². The minimum Gasteiger partial charge on any atom is -0.381 e. The van der Waals surface area contributed by atoms with Crippen LogP contribution in [0.25, 0.3) is 0 Å². The van der Waals surface area contributed by atoms with E-state index in [0.717, 1.165) is 63.2 Å². The Morgan fingerprint density at radius 2 is 2.21 bits per heavy atom. The highest BCUT2D eigenvalue weighted by Gasteiger charge is 2.24. The molecule has 2 rings (SSSR count). The lowest BCUT2D eigenvalue weighted by Gasteiger charge is -2.21. The van der Waals surface area contributed by atoms with Gasteiger partial charge in [-0.25, -0.2) is 0 Å². The number of guanidine groups is 1. The quantitative estimate of drug-likeness (QED) is 0.393. The zero-order valence-electron chi connectivity index (χ0n) is 15.3. The van der Waals surface area contributed by atoms with E-state index in [4.69, 9.17) is 14.3 Å². The van der Waals surface area contributed by atoms with Crippen LogP contribution in [0.5, 0.6) is 0 Å². The predicted molar refractivity (Wildman–Crippen MR) is 107 cm³/mol. The number of nitrogens with one attached hydrogen (secondary N) is 1. The first-order valence-corrected chi connectivity index (χ1v) is 8.68. The maximum Gasteiger partial charge on any atom is 0.193 e. The van der Waals surface area contributed by atoms with Gasteiger partial charge in [-0.1, -0.05) is 5.16 Å². The first kappa shape index (κ1) is 21.2. The molecular weight excluding hydrogens is 419 g/mol. The maximum atomic E-state index is 5.56. The molecular formula is C17H31IN4O2. The second kappa shape index (κ2) is 10.9. The van der Waals surface area contributed by atoms with Crippen molar-refractivity contribution < 1.29 is 9.26 Å². The summed E-state index contributed by atoms with van der Waals surface area (Å²) in [6.45, 7) is 13.5. The number of halogens is 1. The van der Waals surface area contributed by atoms with E-state index in [0.29, 0.717) is 5.92 Å². The molecule has 1 fully saturated rings. The minimum absolute atomic E-state index is 0. The minimum atomic E-state index is 0. The smallest absolute Gasteiger partial charge is 0.193 e. The fourth-order valence-corrected chi connectivity index (χ4v) is 3.00. The first-order valence-electron chi connectivity index (χ1n) is 8.68. The van der Waals surface area contributed by atoms with Gasteiger partial charge in [-0.2, -0.15) is 0 Å². The molecule has 1 saturated heterocycles. The molecule has 1 atom stereocenters. The molecule has 0 aliphatic carbocycles. The van der Waals surface area contributed by atoms with Gasteiger partial charge in [0.15, 0.2) is 5.96 Å². The van der Waals surface area contributed by atoms with Gasteiger partial charge in [0, 0.05) is 44.3 Å². The van der Waals surface area contributed by atoms with Crippen LogP contribution in [-0.4, -0.2) is 55.4 Å². The van der Waals surface area contributed by atoms with Crippen LogP contribution >= 0.6 is 24.0 Å². The van der Waals surface area contributed by atoms with Crippen molar-refractivity contribution >= 4 is 29.9 Å². The van der Waals surface area contributed by atoms with Crippen LogP contribution in [0.15, 0.2) is 9.52 Å². The van der Waals surface area contributed by atoms with Crippen LogP contribution in [0.1, 0.15) is 37.3 Å². The highest BCUT2D eigenvalue weighted by atomic mass is 127. The summed E-state index contributed by atoms with van der Waals surface area (Å²) in [6.07, 6.45) is 2.04. The van der Waals surface area contributed by atoms with Crippen molar-refractivity contribution in [3.8, 4) is 0 Å². The van der Waals surface area contributed by atoms with E-state index in [1.165, 1.54) is 12.0 Å². The summed E-state index contributed by atoms with van der Waals surface area (Å²) in [7, 11) is 0. The van der Waals surface area contributed by atoms with Crippen LogP contribution in [-0.2, 0) is 11.2 Å². The lowest BCUT2D eigenvalue weighted by atomic mass is 10.1. The second-order valence-electron chi connectivity index (χ2n) is 6.05. The summed E-state index contributed by atoms with van der Waals surface area (Å²) in [5, 5.41) is 7.41. The van der Waals surface area contributed by atoms with Gasteiger partial charge in [-0.3, -0.25) is 4.99 Å². The van der Waals surface area contributed by atoms with Crippen molar-refractivity contribution in [2.24, 2.45) is 10.9 Å². The summed E-state index contributed by atoms with van der Waals surface area (Å²) in [6, 6.07) is 0. The Morgan fingerprint density at radius 1 is 1.42 bits per heavy atom. The van der Waals surface area contributed by atoms with Gasteiger partial charge < -0.3 is 19.5 Å². The molecule has 1 aliphatic rings. The van der Waals surface area contributed by atoms with Crippen molar-refractivity contribution in [3.05, 3.63) is 17.0 Å². The van der Waals surface area contributed by atoms with E-state index in [1.807, 2.05) is 20.8 Å². The van der Waals surface area contributed by atoms with E-state index in [-0.39, 0.29) is 24.0 Å². The van der Waals surface area contributed by atoms with Crippen molar-refractivity contribution in [2.75, 3.05) is 39.4 Å². The third-order valence-electron chi connectivity index (χ3n) is 4.28. The molecule has 0 bridgehead atoms. The highest BCUT2D eigenvalue weighted by Crippen LogP contribution is 2.17. The Balaban J connectivity index is 0.00000288. The Labute approximate surface area is 162 Å². The van der Waals surface area contributed by atoms with Gasteiger partial charge in [0.1, 0.15) is 5.76 Å². The van der Waals surface area contributed by atoms with E-state index >= 15 is 0 Å². The maximum absolute atomic E-state index is 5.56. The van der Waals surface area contributed by atoms with Gasteiger partial charge >= 0.3 is 0 Å². The van der Waals surface area contributed by atoms with Gasteiger partial charge in [0.2, 0.25) is 0 Å². The molecule has 0 spiro atoms. The van der Waals surface area contributed by atoms with E-state index < -0.39 is 0 Å². The average molecular weight is 450 g/mol. The van der Waals surface area contributed by atoms with E-state index in [2.05, 4.69) is 22.3 Å². The number of hydrogen-bond acceptors (Lipinski definition) is 4. The van der Waals surface area contributed by atoms with Crippen LogP contribution < -0.4 is 5.32 Å². The molecule has 24 heavy (non-hydrogen) atoms. The number of aromatic nitrogens is 1. The SMILES string of the molecule is CCNC(=NCCc1c(C)noc1C)N1CCC(COCC)C1.I. The summed E-state index contributed by atoms with van der Waals surface area (Å²) < 4.78 is 10.8. The molecule has 0 amide bonds. The third-order valence-corrected chi connectivity index (χ3v) is 4.28. The van der Waals surface area contributed by atoms with Gasteiger partial charge in [-0.15, -0.1) is 24.0 Å². The normalized spacial score (nSPS) is 17.9. The fraction of sp³-hybridized carbons (Fsp3) is 0.765. The zero-order chi connectivity index (χ0) is 16.7. The van der Waals surface area contributed by atoms with Gasteiger partial charge in [0.05, 0.1) is 12.3 Å². The molecule has 1 aromatic rings. The van der Waals surface area contributed by atoms with E-state index in [9.17, 15) is 0 Å². The lowest BCUT2D eigenvalue weighted by Crippen LogP contribution is -2.40. The van der Waals surface area contributed by atoms with Crippen LogP contribution in [0.2, 0.25) is 0 Å². The predicted octanol–water partition coefficient (Wildman–Crippen LogP) is 2.78. The van der Waals surface area contributed by atoms with E-state index in [1.54, 1.807) is 0 Å². The Hall–Kier alpha value is -0.830. The number of hydrogen-bond donors (Lipinski definition) is 1. The molecule has 1 unspecified atom stereocenters. The molecule has 1 N–H and O–H groups in total. The fourth-order valence-electron chi connectivity index (χ4n) is 3.00. The molecule has 138 valence electrons. The summed E-state index contributed by atoms with van der Waals surface area (Å²) in [5.74, 6) is 2.53. The molecule has 7 heteroatoms. The topological polar surface area (TPSA) is 62.9 Å². The Kier molecular flexibility index (Phi) is 9.65. The molecule has 1 aliphatic heterocycles. The van der Waals surface area contributed by atoms with Crippen molar-refractivity contribution in [1.29, 1.82) is 0 Å². The molecule has 0 aromatic carbocycles. The van der Waals surface area contributed by atoms with Crippen LogP contribution in [0.3, 0.4) is 0 Å². The average Bonchev–Trinajstić information content (AvgIpc) is 3.13. The first-order chi connectivity index (χ1) is 11.2. The third kappa shape index (κ3) is 5.91. The number of ether oxygens (including phenoxy) is 1. The Morgan fingerprint density at radius 3 is 2.83 bits per heavy atom. The largest absolute Gasteiger partial charge is 0.381 e. The number of nitrogens with zero attached hydrogens (tertiary/aromatic N) is 3. The molecule has 0 radical (unpaired) electrons. The summed E-state index contributed by atoms with van der Waals surface area (Å²) >= 11 is 0. The lowest BCUT2D eigenvalue weighted by molar-refractivity contribution is 0.114. The Bertz CT molecular complexity index is 499. The second-order valence-corrected chi connectivity index (χ2v) is 6.05. The number of aryl methyl sites for hydroxylation is 2. The number of likely N-dealkylation sites (tertiary alicyclic amines) is 1. The van der Waals surface area contributed by atoms with Crippen LogP contribution in [0, 0.1) is 19.8 Å². The monoisotopic (exact) mass is 450 g/mol. The number of rotatable bonds is 7. The molecule has 1 aromatic heterocycles. The summed E-state index contributed by atoms with van der Waals surface area (Å²) in [4.78, 5) is 7.14. The highest BCUT2D eigenvalue weighted by molar-refractivity contribution is 14.0. The molecule has 2 heterocycles. The standard InChI is InChI=1S/C17H30N4O2.HI/c1-5-18-17(21-10-8-15(11-21)12-22-6-2)19-9-7-16-13(3)20-23-14(16)4;/h15H,5-12H2,1-4H3,(H,18,19);1H. The molecule has 6 nitrogen and oxygen atoms in total. The van der Waals surface area contributed by atoms with Crippen molar-refractivity contribution in [1.82, 2.24) is 15.4 Å². The van der Waals surface area contributed by atoms with Crippen LogP contribution in [0.4, 0.5) is 0 Å². The van der Waals surface area contributed by atoms with Gasteiger partial charge in [-0.05, 0) is 40.5 Å². The van der Waals surface area contributed by atoms with Gasteiger partial charge in [0.25, 0.3) is 0 Å². The zero-order valence-corrected chi connectivity index (χ0v) is 17.6.